The number of benzene rings is 1. The van der Waals surface area contributed by atoms with Crippen LogP contribution < -0.4 is 5.32 Å². The third-order valence-corrected chi connectivity index (χ3v) is 6.95. The van der Waals surface area contributed by atoms with Crippen LogP contribution in [0.1, 0.15) is 64.4 Å². The van der Waals surface area contributed by atoms with E-state index in [0.29, 0.717) is 23.4 Å². The van der Waals surface area contributed by atoms with Crippen LogP contribution in [0.15, 0.2) is 35.4 Å². The van der Waals surface area contributed by atoms with E-state index in [9.17, 15) is 4.79 Å². The highest BCUT2D eigenvalue weighted by atomic mass is 16.2. The van der Waals surface area contributed by atoms with Crippen LogP contribution in [0.3, 0.4) is 0 Å². The topological polar surface area (TPSA) is 56.1 Å². The maximum atomic E-state index is 13.4. The molecule has 1 heterocycles. The van der Waals surface area contributed by atoms with Crippen molar-refractivity contribution in [1.82, 2.24) is 4.90 Å². The molecular formula is C23H29N3O. The number of hydrogen-bond donors (Lipinski definition) is 1. The predicted molar refractivity (Wildman–Crippen MR) is 107 cm³/mol. The van der Waals surface area contributed by atoms with Crippen LogP contribution in [0.25, 0.3) is 0 Å². The number of carbonyl (C=O) groups excluding carboxylic acids is 1. The molecule has 1 saturated carbocycles. The SMILES string of the molecule is C[C@H]1[C@H](C)CCC[C@@H]1N1C(=O)C2=C(CCCC2)[C@@H]1Nc1ccc(C#N)cc1. The fourth-order valence-corrected chi connectivity index (χ4v) is 5.16. The second-order valence-electron chi connectivity index (χ2n) is 8.49. The Balaban J connectivity index is 1.66. The summed E-state index contributed by atoms with van der Waals surface area (Å²) >= 11 is 0. The van der Waals surface area contributed by atoms with E-state index in [1.54, 1.807) is 0 Å². The maximum Gasteiger partial charge on any atom is 0.252 e. The number of anilines is 1. The Hall–Kier alpha value is -2.28. The first-order chi connectivity index (χ1) is 13.1. The lowest BCUT2D eigenvalue weighted by atomic mass is 9.77. The van der Waals surface area contributed by atoms with E-state index in [4.69, 9.17) is 5.26 Å². The van der Waals surface area contributed by atoms with Gasteiger partial charge in [0.25, 0.3) is 5.91 Å². The molecular weight excluding hydrogens is 334 g/mol. The maximum absolute atomic E-state index is 13.4. The molecule has 0 aromatic heterocycles. The normalized spacial score (nSPS) is 30.9. The highest BCUT2D eigenvalue weighted by Gasteiger charge is 2.45. The minimum Gasteiger partial charge on any atom is -0.362 e. The number of nitriles is 1. The highest BCUT2D eigenvalue weighted by molar-refractivity contribution is 5.98. The smallest absolute Gasteiger partial charge is 0.252 e. The van der Waals surface area contributed by atoms with Crippen molar-refractivity contribution in [2.24, 2.45) is 11.8 Å². The lowest BCUT2D eigenvalue weighted by Gasteiger charge is -2.43. The van der Waals surface area contributed by atoms with Gasteiger partial charge in [0.15, 0.2) is 0 Å². The fourth-order valence-electron chi connectivity index (χ4n) is 5.16. The van der Waals surface area contributed by atoms with Gasteiger partial charge in [-0.3, -0.25) is 4.79 Å². The van der Waals surface area contributed by atoms with Crippen molar-refractivity contribution in [3.63, 3.8) is 0 Å². The molecule has 1 aromatic carbocycles. The molecule has 0 unspecified atom stereocenters. The Bertz CT molecular complexity index is 789. The Morgan fingerprint density at radius 1 is 1.07 bits per heavy atom. The van der Waals surface area contributed by atoms with E-state index in [2.05, 4.69) is 30.1 Å². The molecule has 1 N–H and O–H groups in total. The summed E-state index contributed by atoms with van der Waals surface area (Å²) in [7, 11) is 0. The molecule has 0 spiro atoms. The lowest BCUT2D eigenvalue weighted by molar-refractivity contribution is -0.131. The summed E-state index contributed by atoms with van der Waals surface area (Å²) < 4.78 is 0. The molecule has 142 valence electrons. The van der Waals surface area contributed by atoms with Gasteiger partial charge in [0.05, 0.1) is 11.6 Å². The van der Waals surface area contributed by atoms with Crippen LogP contribution >= 0.6 is 0 Å². The quantitative estimate of drug-likeness (QED) is 0.836. The molecule has 27 heavy (non-hydrogen) atoms. The van der Waals surface area contributed by atoms with Gasteiger partial charge in [0.1, 0.15) is 6.17 Å². The zero-order chi connectivity index (χ0) is 19.0. The van der Waals surface area contributed by atoms with Gasteiger partial charge < -0.3 is 10.2 Å². The highest BCUT2D eigenvalue weighted by Crippen LogP contribution is 2.42. The average molecular weight is 364 g/mol. The van der Waals surface area contributed by atoms with Crippen LogP contribution in [0.2, 0.25) is 0 Å². The van der Waals surface area contributed by atoms with Crippen LogP contribution in [0, 0.1) is 23.2 Å². The Morgan fingerprint density at radius 3 is 2.56 bits per heavy atom. The molecule has 1 aliphatic heterocycles. The molecule has 0 saturated heterocycles. The van der Waals surface area contributed by atoms with Crippen molar-refractivity contribution in [1.29, 1.82) is 5.26 Å². The zero-order valence-corrected chi connectivity index (χ0v) is 16.4. The van der Waals surface area contributed by atoms with E-state index < -0.39 is 0 Å². The van der Waals surface area contributed by atoms with Gasteiger partial charge in [0, 0.05) is 17.3 Å². The summed E-state index contributed by atoms with van der Waals surface area (Å²) in [4.78, 5) is 15.6. The molecule has 0 bridgehead atoms. The summed E-state index contributed by atoms with van der Waals surface area (Å²) in [6.07, 6.45) is 7.77. The molecule has 2 aliphatic carbocycles. The number of rotatable bonds is 3. The van der Waals surface area contributed by atoms with E-state index in [1.165, 1.54) is 24.8 Å². The van der Waals surface area contributed by atoms with Crippen molar-refractivity contribution in [2.45, 2.75) is 71.0 Å². The molecule has 1 amide bonds. The third-order valence-electron chi connectivity index (χ3n) is 6.95. The number of nitrogens with zero attached hydrogens (tertiary/aromatic N) is 2. The first-order valence-corrected chi connectivity index (χ1v) is 10.4. The average Bonchev–Trinajstić information content (AvgIpc) is 2.97. The van der Waals surface area contributed by atoms with Crippen LogP contribution in [-0.4, -0.2) is 23.0 Å². The Labute approximate surface area is 162 Å². The zero-order valence-electron chi connectivity index (χ0n) is 16.4. The molecule has 4 heteroatoms. The first kappa shape index (κ1) is 18.1. The van der Waals surface area contributed by atoms with Crippen LogP contribution in [0.5, 0.6) is 0 Å². The monoisotopic (exact) mass is 363 g/mol. The number of amides is 1. The minimum atomic E-state index is -0.0292. The van der Waals surface area contributed by atoms with Crippen molar-refractivity contribution >= 4 is 11.6 Å². The van der Waals surface area contributed by atoms with E-state index in [0.717, 1.165) is 36.9 Å². The van der Waals surface area contributed by atoms with Crippen LogP contribution in [-0.2, 0) is 4.79 Å². The second kappa shape index (κ2) is 7.38. The molecule has 4 nitrogen and oxygen atoms in total. The molecule has 1 fully saturated rings. The van der Waals surface area contributed by atoms with Gasteiger partial charge in [-0.1, -0.05) is 26.7 Å². The first-order valence-electron chi connectivity index (χ1n) is 10.4. The van der Waals surface area contributed by atoms with Crippen molar-refractivity contribution in [3.05, 3.63) is 41.0 Å². The summed E-state index contributed by atoms with van der Waals surface area (Å²) in [5.74, 6) is 1.45. The second-order valence-corrected chi connectivity index (χ2v) is 8.49. The van der Waals surface area contributed by atoms with E-state index >= 15 is 0 Å². The Morgan fingerprint density at radius 2 is 1.81 bits per heavy atom. The number of carbonyl (C=O) groups is 1. The summed E-state index contributed by atoms with van der Waals surface area (Å²) in [6, 6.07) is 10.1. The summed E-state index contributed by atoms with van der Waals surface area (Å²) in [5.41, 5.74) is 4.01. The van der Waals surface area contributed by atoms with Gasteiger partial charge in [-0.05, 0) is 73.8 Å². The van der Waals surface area contributed by atoms with Crippen molar-refractivity contribution in [3.8, 4) is 6.07 Å². The number of nitrogens with one attached hydrogen (secondary N) is 1. The molecule has 4 rings (SSSR count). The van der Waals surface area contributed by atoms with Gasteiger partial charge in [-0.15, -0.1) is 0 Å². The largest absolute Gasteiger partial charge is 0.362 e. The van der Waals surface area contributed by atoms with E-state index in [1.807, 2.05) is 24.3 Å². The lowest BCUT2D eigenvalue weighted by Crippen LogP contribution is -2.52. The third kappa shape index (κ3) is 3.25. The summed E-state index contributed by atoms with van der Waals surface area (Å²) in [5, 5.41) is 12.7. The number of hydrogen-bond acceptors (Lipinski definition) is 3. The van der Waals surface area contributed by atoms with Gasteiger partial charge in [-0.2, -0.15) is 5.26 Å². The summed E-state index contributed by atoms with van der Waals surface area (Å²) in [6.45, 7) is 4.64. The molecule has 1 aromatic rings. The van der Waals surface area contributed by atoms with Crippen molar-refractivity contribution < 1.29 is 4.79 Å². The molecule has 4 atom stereocenters. The molecule has 3 aliphatic rings. The van der Waals surface area contributed by atoms with Crippen molar-refractivity contribution in [2.75, 3.05) is 5.32 Å². The van der Waals surface area contributed by atoms with Crippen LogP contribution in [0.4, 0.5) is 5.69 Å². The minimum absolute atomic E-state index is 0.0292. The predicted octanol–water partition coefficient (Wildman–Crippen LogP) is 4.83. The van der Waals surface area contributed by atoms with Gasteiger partial charge in [0.2, 0.25) is 0 Å². The van der Waals surface area contributed by atoms with Gasteiger partial charge >= 0.3 is 0 Å². The molecule has 0 radical (unpaired) electrons. The Kier molecular flexibility index (Phi) is 4.95. The fraction of sp³-hybridized carbons (Fsp3) is 0.565. The standard InChI is InChI=1S/C23H29N3O/c1-15-6-5-9-21(16(15)2)26-22(19-7-3-4-8-20(19)23(26)27)25-18-12-10-17(14-24)11-13-18/h10-13,15-16,21-22,25H,3-9H2,1-2H3/t15-,16+,21+,22-/m1/s1. The van der Waals surface area contributed by atoms with E-state index in [-0.39, 0.29) is 12.1 Å². The van der Waals surface area contributed by atoms with Gasteiger partial charge in [-0.25, -0.2) is 0 Å².